The number of aromatic hydroxyl groups is 1. The maximum absolute atomic E-state index is 12.1. The van der Waals surface area contributed by atoms with Gasteiger partial charge in [-0.15, -0.1) is 0 Å². The van der Waals surface area contributed by atoms with Crippen LogP contribution in [0.3, 0.4) is 0 Å². The molecule has 0 bridgehead atoms. The topological polar surface area (TPSA) is 55.8 Å². The van der Waals surface area contributed by atoms with Gasteiger partial charge >= 0.3 is 0 Å². The molecule has 2 aromatic carbocycles. The maximum atomic E-state index is 12.1. The Morgan fingerprint density at radius 2 is 1.87 bits per heavy atom. The first-order valence-electron chi connectivity index (χ1n) is 7.27. The molecule has 120 valence electrons. The Bertz CT molecular complexity index is 704. The van der Waals surface area contributed by atoms with Gasteiger partial charge in [-0.1, -0.05) is 36.4 Å². The van der Waals surface area contributed by atoms with Crippen LogP contribution < -0.4 is 4.74 Å². The van der Waals surface area contributed by atoms with Crippen molar-refractivity contribution < 1.29 is 19.4 Å². The Balaban J connectivity index is 2.06. The highest BCUT2D eigenvalue weighted by atomic mass is 16.5. The molecule has 0 atom stereocenters. The number of ether oxygens (including phenoxy) is 2. The molecule has 0 radical (unpaired) electrons. The number of ketones is 1. The average Bonchev–Trinajstić information content (AvgIpc) is 2.55. The molecule has 23 heavy (non-hydrogen) atoms. The van der Waals surface area contributed by atoms with Crippen molar-refractivity contribution in [2.24, 2.45) is 0 Å². The van der Waals surface area contributed by atoms with Gasteiger partial charge in [0.1, 0.15) is 0 Å². The van der Waals surface area contributed by atoms with E-state index < -0.39 is 0 Å². The number of hydrogen-bond donors (Lipinski definition) is 1. The van der Waals surface area contributed by atoms with Gasteiger partial charge in [0.25, 0.3) is 0 Å². The van der Waals surface area contributed by atoms with E-state index in [2.05, 4.69) is 0 Å². The average molecular weight is 312 g/mol. The van der Waals surface area contributed by atoms with Gasteiger partial charge in [0.15, 0.2) is 17.3 Å². The van der Waals surface area contributed by atoms with Crippen LogP contribution in [0.1, 0.15) is 16.7 Å². The zero-order valence-electron chi connectivity index (χ0n) is 13.3. The Morgan fingerprint density at radius 3 is 2.52 bits per heavy atom. The summed E-state index contributed by atoms with van der Waals surface area (Å²) in [7, 11) is 3.13. The Labute approximate surface area is 136 Å². The van der Waals surface area contributed by atoms with Gasteiger partial charge in [-0.2, -0.15) is 0 Å². The fraction of sp³-hybridized carbons (Fsp3) is 0.211. The maximum Gasteiger partial charge on any atom is 0.160 e. The highest BCUT2D eigenvalue weighted by molar-refractivity contribution is 5.95. The van der Waals surface area contributed by atoms with Crippen molar-refractivity contribution >= 4 is 11.9 Å². The minimum absolute atomic E-state index is 0.0103. The molecule has 0 aliphatic rings. The first-order valence-corrected chi connectivity index (χ1v) is 7.27. The van der Waals surface area contributed by atoms with Crippen LogP contribution in [0, 0.1) is 0 Å². The van der Waals surface area contributed by atoms with Crippen LogP contribution in [-0.2, 0) is 22.6 Å². The number of rotatable bonds is 7. The molecular formula is C19H20O4. The number of phenolic OH excluding ortho intramolecular Hbond substituents is 1. The van der Waals surface area contributed by atoms with E-state index in [1.54, 1.807) is 31.4 Å². The number of methoxy groups -OCH3 is 2. The lowest BCUT2D eigenvalue weighted by Gasteiger charge is -2.06. The second kappa shape index (κ2) is 8.15. The molecule has 0 fully saturated rings. The molecule has 4 heteroatoms. The summed E-state index contributed by atoms with van der Waals surface area (Å²) in [5.41, 5.74) is 2.71. The Kier molecular flexibility index (Phi) is 5.94. The van der Waals surface area contributed by atoms with Gasteiger partial charge in [0, 0.05) is 13.5 Å². The van der Waals surface area contributed by atoms with Crippen LogP contribution in [-0.4, -0.2) is 25.1 Å². The first kappa shape index (κ1) is 16.8. The smallest absolute Gasteiger partial charge is 0.160 e. The van der Waals surface area contributed by atoms with Gasteiger partial charge in [-0.05, 0) is 34.9 Å². The fourth-order valence-corrected chi connectivity index (χ4v) is 2.27. The Morgan fingerprint density at radius 1 is 1.13 bits per heavy atom. The summed E-state index contributed by atoms with van der Waals surface area (Å²) >= 11 is 0. The van der Waals surface area contributed by atoms with E-state index in [4.69, 9.17) is 9.47 Å². The van der Waals surface area contributed by atoms with E-state index in [0.717, 1.165) is 16.7 Å². The van der Waals surface area contributed by atoms with E-state index >= 15 is 0 Å². The van der Waals surface area contributed by atoms with Crippen molar-refractivity contribution in [2.75, 3.05) is 14.2 Å². The number of phenols is 1. The third-order valence-corrected chi connectivity index (χ3v) is 3.45. The molecule has 0 unspecified atom stereocenters. The van der Waals surface area contributed by atoms with Crippen molar-refractivity contribution in [3.63, 3.8) is 0 Å². The van der Waals surface area contributed by atoms with Crippen molar-refractivity contribution in [1.82, 2.24) is 0 Å². The summed E-state index contributed by atoms with van der Waals surface area (Å²) in [4.78, 5) is 12.1. The molecule has 0 heterocycles. The lowest BCUT2D eigenvalue weighted by Crippen LogP contribution is -2.03. The lowest BCUT2D eigenvalue weighted by molar-refractivity contribution is -0.113. The summed E-state index contributed by atoms with van der Waals surface area (Å²) < 4.78 is 10.1. The van der Waals surface area contributed by atoms with Crippen molar-refractivity contribution in [3.8, 4) is 11.5 Å². The second-order valence-electron chi connectivity index (χ2n) is 5.11. The third kappa shape index (κ3) is 4.69. The summed E-state index contributed by atoms with van der Waals surface area (Å²) in [6, 6.07) is 12.7. The van der Waals surface area contributed by atoms with Crippen molar-refractivity contribution in [2.45, 2.75) is 13.0 Å². The SMILES string of the molecule is COCc1ccccc1CC(=O)/C=C/c1ccc(OC)c(O)c1. The van der Waals surface area contributed by atoms with Gasteiger partial charge in [0.05, 0.1) is 13.7 Å². The van der Waals surface area contributed by atoms with Crippen molar-refractivity contribution in [3.05, 3.63) is 65.2 Å². The number of hydrogen-bond acceptors (Lipinski definition) is 4. The summed E-state index contributed by atoms with van der Waals surface area (Å²) in [5, 5.41) is 9.73. The lowest BCUT2D eigenvalue weighted by atomic mass is 10.0. The van der Waals surface area contributed by atoms with E-state index in [1.807, 2.05) is 24.3 Å². The van der Waals surface area contributed by atoms with Gasteiger partial charge < -0.3 is 14.6 Å². The standard InChI is InChI=1S/C19H20O4/c1-22-13-16-6-4-3-5-15(16)12-17(20)9-7-14-8-10-19(23-2)18(21)11-14/h3-11,21H,12-13H2,1-2H3/b9-7+. The minimum Gasteiger partial charge on any atom is -0.504 e. The molecule has 2 rings (SSSR count). The fourth-order valence-electron chi connectivity index (χ4n) is 2.27. The van der Waals surface area contributed by atoms with E-state index in [-0.39, 0.29) is 11.5 Å². The molecule has 4 nitrogen and oxygen atoms in total. The highest BCUT2D eigenvalue weighted by Gasteiger charge is 2.06. The van der Waals surface area contributed by atoms with Crippen LogP contribution in [0.5, 0.6) is 11.5 Å². The monoisotopic (exact) mass is 312 g/mol. The van der Waals surface area contributed by atoms with Crippen LogP contribution in [0.2, 0.25) is 0 Å². The quantitative estimate of drug-likeness (QED) is 0.796. The van der Waals surface area contributed by atoms with Crippen molar-refractivity contribution in [1.29, 1.82) is 0 Å². The molecule has 0 saturated carbocycles. The number of allylic oxidation sites excluding steroid dienone is 1. The molecule has 1 N–H and O–H groups in total. The largest absolute Gasteiger partial charge is 0.504 e. The zero-order valence-corrected chi connectivity index (χ0v) is 13.3. The van der Waals surface area contributed by atoms with Crippen LogP contribution >= 0.6 is 0 Å². The molecule has 2 aromatic rings. The van der Waals surface area contributed by atoms with Gasteiger partial charge in [-0.25, -0.2) is 0 Å². The van der Waals surface area contributed by atoms with Crippen LogP contribution in [0.4, 0.5) is 0 Å². The predicted octanol–water partition coefficient (Wildman–Crippen LogP) is 3.37. The van der Waals surface area contributed by atoms with Gasteiger partial charge in [-0.3, -0.25) is 4.79 Å². The molecule has 0 aliphatic carbocycles. The number of carbonyl (C=O) groups is 1. The second-order valence-corrected chi connectivity index (χ2v) is 5.11. The summed E-state index contributed by atoms with van der Waals surface area (Å²) in [6.45, 7) is 0.486. The zero-order chi connectivity index (χ0) is 16.7. The molecular weight excluding hydrogens is 292 g/mol. The highest BCUT2D eigenvalue weighted by Crippen LogP contribution is 2.26. The van der Waals surface area contributed by atoms with Gasteiger partial charge in [0.2, 0.25) is 0 Å². The van der Waals surface area contributed by atoms with Crippen LogP contribution in [0.15, 0.2) is 48.5 Å². The summed E-state index contributed by atoms with van der Waals surface area (Å²) in [6.07, 6.45) is 3.52. The van der Waals surface area contributed by atoms with Crippen LogP contribution in [0.25, 0.3) is 6.08 Å². The first-order chi connectivity index (χ1) is 11.1. The molecule has 0 saturated heterocycles. The predicted molar refractivity (Wildman–Crippen MR) is 89.6 cm³/mol. The molecule has 0 amide bonds. The Hall–Kier alpha value is -2.59. The van der Waals surface area contributed by atoms with E-state index in [9.17, 15) is 9.90 Å². The third-order valence-electron chi connectivity index (χ3n) is 3.45. The van der Waals surface area contributed by atoms with E-state index in [1.165, 1.54) is 13.2 Å². The minimum atomic E-state index is -0.0103. The molecule has 0 aliphatic heterocycles. The molecule has 0 aromatic heterocycles. The number of carbonyl (C=O) groups excluding carboxylic acids is 1. The normalized spacial score (nSPS) is 10.9. The summed E-state index contributed by atoms with van der Waals surface area (Å²) in [5.74, 6) is 0.443. The number of benzene rings is 2. The molecule has 0 spiro atoms. The van der Waals surface area contributed by atoms with E-state index in [0.29, 0.717) is 18.8 Å².